The fourth-order valence-electron chi connectivity index (χ4n) is 2.96. The van der Waals surface area contributed by atoms with Crippen LogP contribution in [-0.2, 0) is 16.5 Å². The first kappa shape index (κ1) is 19.9. The van der Waals surface area contributed by atoms with Crippen LogP contribution in [0.3, 0.4) is 0 Å². The molecule has 1 unspecified atom stereocenters. The van der Waals surface area contributed by atoms with E-state index in [4.69, 9.17) is 0 Å². The summed E-state index contributed by atoms with van der Waals surface area (Å²) < 4.78 is 35.8. The van der Waals surface area contributed by atoms with Crippen molar-refractivity contribution in [2.24, 2.45) is 0 Å². The minimum absolute atomic E-state index is 0.278. The molecule has 0 amide bonds. The van der Waals surface area contributed by atoms with Gasteiger partial charge in [0, 0.05) is 6.42 Å². The fraction of sp³-hybridized carbons (Fsp3) is 0.556. The lowest BCUT2D eigenvalue weighted by Crippen LogP contribution is -2.49. The molecule has 4 nitrogen and oxygen atoms in total. The topological polar surface area (TPSA) is 57.2 Å². The van der Waals surface area contributed by atoms with Crippen molar-refractivity contribution in [3.8, 4) is 0 Å². The molecule has 1 aromatic rings. The van der Waals surface area contributed by atoms with Crippen molar-refractivity contribution in [3.05, 3.63) is 42.0 Å². The monoisotopic (exact) mass is 339 g/mol. The van der Waals surface area contributed by atoms with E-state index in [2.05, 4.69) is 27.4 Å². The van der Waals surface area contributed by atoms with Crippen molar-refractivity contribution in [1.82, 2.24) is 0 Å². The molecule has 1 rings (SSSR count). The maximum Gasteiger partial charge on any atom is 0.0981 e. The molecule has 23 heavy (non-hydrogen) atoms. The zero-order chi connectivity index (χ0) is 17.5. The highest BCUT2D eigenvalue weighted by atomic mass is 32.2. The molecule has 130 valence electrons. The second-order valence-electron chi connectivity index (χ2n) is 6.07. The van der Waals surface area contributed by atoms with Gasteiger partial charge in [-0.1, -0.05) is 36.9 Å². The minimum atomic E-state index is -4.31. The van der Waals surface area contributed by atoms with E-state index < -0.39 is 15.4 Å². The van der Waals surface area contributed by atoms with Gasteiger partial charge in [-0.05, 0) is 38.3 Å². The van der Waals surface area contributed by atoms with Crippen LogP contribution in [0.25, 0.3) is 6.08 Å². The molecule has 0 aliphatic carbocycles. The van der Waals surface area contributed by atoms with Gasteiger partial charge in [0.15, 0.2) is 0 Å². The Labute approximate surface area is 141 Å². The van der Waals surface area contributed by atoms with Gasteiger partial charge < -0.3 is 9.04 Å². The van der Waals surface area contributed by atoms with E-state index in [-0.39, 0.29) is 6.42 Å². The summed E-state index contributed by atoms with van der Waals surface area (Å²) in [6.45, 7) is 13.6. The Morgan fingerprint density at radius 2 is 1.65 bits per heavy atom. The third kappa shape index (κ3) is 5.75. The van der Waals surface area contributed by atoms with Gasteiger partial charge in [0.25, 0.3) is 0 Å². The molecule has 5 heteroatoms. The van der Waals surface area contributed by atoms with Gasteiger partial charge in [0.1, 0.15) is 0 Å². The molecule has 0 fully saturated rings. The van der Waals surface area contributed by atoms with Gasteiger partial charge in [-0.2, -0.15) is 0 Å². The maximum atomic E-state index is 11.7. The van der Waals surface area contributed by atoms with Crippen LogP contribution in [0.1, 0.15) is 38.3 Å². The summed E-state index contributed by atoms with van der Waals surface area (Å²) in [6, 6.07) is 7.52. The first-order valence-electron chi connectivity index (χ1n) is 8.31. The quantitative estimate of drug-likeness (QED) is 0.486. The average molecular weight is 340 g/mol. The Morgan fingerprint density at radius 1 is 1.13 bits per heavy atom. The molecule has 0 radical (unpaired) electrons. The molecular weight excluding hydrogens is 310 g/mol. The molecule has 0 saturated heterocycles. The van der Waals surface area contributed by atoms with Gasteiger partial charge in [-0.15, -0.1) is 0 Å². The fourth-order valence-corrected chi connectivity index (χ4v) is 3.75. The van der Waals surface area contributed by atoms with E-state index in [0.29, 0.717) is 6.42 Å². The van der Waals surface area contributed by atoms with Crippen LogP contribution < -0.4 is 0 Å². The highest BCUT2D eigenvalue weighted by molar-refractivity contribution is 7.86. The highest BCUT2D eigenvalue weighted by Gasteiger charge is 2.25. The summed E-state index contributed by atoms with van der Waals surface area (Å²) in [5, 5.41) is -0.862. The van der Waals surface area contributed by atoms with E-state index >= 15 is 0 Å². The van der Waals surface area contributed by atoms with Crippen LogP contribution in [0.4, 0.5) is 0 Å². The number of hydrogen-bond donors (Lipinski definition) is 0. The first-order chi connectivity index (χ1) is 10.8. The Kier molecular flexibility index (Phi) is 7.45. The zero-order valence-electron chi connectivity index (χ0n) is 14.5. The van der Waals surface area contributed by atoms with E-state index in [1.807, 2.05) is 24.3 Å². The Morgan fingerprint density at radius 3 is 2.04 bits per heavy atom. The van der Waals surface area contributed by atoms with Gasteiger partial charge in [0.05, 0.1) is 41.5 Å². The molecule has 0 N–H and O–H groups in total. The van der Waals surface area contributed by atoms with Gasteiger partial charge >= 0.3 is 0 Å². The predicted molar refractivity (Wildman–Crippen MR) is 95.1 cm³/mol. The summed E-state index contributed by atoms with van der Waals surface area (Å²) >= 11 is 0. The number of hydrogen-bond acceptors (Lipinski definition) is 3. The van der Waals surface area contributed by atoms with Crippen LogP contribution in [0.2, 0.25) is 0 Å². The summed E-state index contributed by atoms with van der Waals surface area (Å²) in [7, 11) is -4.31. The predicted octanol–water partition coefficient (Wildman–Crippen LogP) is 3.05. The van der Waals surface area contributed by atoms with Crippen molar-refractivity contribution in [1.29, 1.82) is 0 Å². The lowest BCUT2D eigenvalue weighted by atomic mass is 10.0. The van der Waals surface area contributed by atoms with E-state index in [1.165, 1.54) is 0 Å². The lowest BCUT2D eigenvalue weighted by Gasteiger charge is -2.37. The maximum absolute atomic E-state index is 11.7. The van der Waals surface area contributed by atoms with Crippen molar-refractivity contribution in [2.75, 3.05) is 26.2 Å². The first-order valence-corrected chi connectivity index (χ1v) is 9.78. The summed E-state index contributed by atoms with van der Waals surface area (Å²) in [4.78, 5) is 0. The lowest BCUT2D eigenvalue weighted by molar-refractivity contribution is -0.923. The molecule has 0 spiro atoms. The van der Waals surface area contributed by atoms with Crippen molar-refractivity contribution in [2.45, 2.75) is 38.9 Å². The summed E-state index contributed by atoms with van der Waals surface area (Å²) in [5.74, 6) is 0. The molecule has 0 saturated carbocycles. The van der Waals surface area contributed by atoms with E-state index in [9.17, 15) is 13.0 Å². The van der Waals surface area contributed by atoms with Crippen LogP contribution in [0, 0.1) is 0 Å². The number of quaternary nitrogens is 1. The number of rotatable bonds is 10. The van der Waals surface area contributed by atoms with Crippen LogP contribution in [0.5, 0.6) is 0 Å². The average Bonchev–Trinajstić information content (AvgIpc) is 2.55. The van der Waals surface area contributed by atoms with Crippen LogP contribution in [-0.4, -0.2) is 48.9 Å². The Hall–Kier alpha value is -1.17. The van der Waals surface area contributed by atoms with Crippen molar-refractivity contribution >= 4 is 16.2 Å². The highest BCUT2D eigenvalue weighted by Crippen LogP contribution is 2.17. The van der Waals surface area contributed by atoms with Gasteiger partial charge in [-0.3, -0.25) is 0 Å². The smallest absolute Gasteiger partial charge is 0.0981 e. The van der Waals surface area contributed by atoms with Crippen molar-refractivity contribution in [3.63, 3.8) is 0 Å². The summed E-state index contributed by atoms with van der Waals surface area (Å²) in [6.07, 6.45) is 2.42. The molecule has 0 aromatic heterocycles. The van der Waals surface area contributed by atoms with E-state index in [1.54, 1.807) is 6.08 Å². The van der Waals surface area contributed by atoms with Crippen LogP contribution >= 0.6 is 0 Å². The normalized spacial score (nSPS) is 13.7. The summed E-state index contributed by atoms with van der Waals surface area (Å²) in [5.41, 5.74) is 1.86. The minimum Gasteiger partial charge on any atom is -0.748 e. The SMILES string of the molecule is C=Cc1ccc(CC(CC[N+](CC)(CC)CC)S(=O)(=O)[O-])cc1. The molecule has 1 aromatic carbocycles. The zero-order valence-corrected chi connectivity index (χ0v) is 15.3. The number of nitrogens with zero attached hydrogens (tertiary/aromatic N) is 1. The van der Waals surface area contributed by atoms with E-state index in [0.717, 1.165) is 41.8 Å². The molecule has 0 bridgehead atoms. The molecule has 0 aliphatic heterocycles. The third-order valence-corrected chi connectivity index (χ3v) is 6.24. The molecule has 0 aliphatic rings. The number of benzene rings is 1. The second kappa shape index (κ2) is 8.62. The molecule has 1 atom stereocenters. The van der Waals surface area contributed by atoms with Crippen molar-refractivity contribution < 1.29 is 17.5 Å². The largest absolute Gasteiger partial charge is 0.748 e. The Balaban J connectivity index is 2.87. The van der Waals surface area contributed by atoms with Crippen LogP contribution in [0.15, 0.2) is 30.8 Å². The second-order valence-corrected chi connectivity index (χ2v) is 7.72. The third-order valence-electron chi connectivity index (χ3n) is 5.02. The molecular formula is C18H29NO3S. The van der Waals surface area contributed by atoms with Gasteiger partial charge in [-0.25, -0.2) is 8.42 Å². The molecule has 0 heterocycles. The Bertz CT molecular complexity index is 581. The standard InChI is InChI=1S/C18H29NO3S/c1-5-16-9-11-17(12-10-16)15-18(23(20,21)22)13-14-19(6-2,7-3)8-4/h5,9-12,18H,1,6-8,13-15H2,2-4H3. The van der Waals surface area contributed by atoms with Gasteiger partial charge in [0.2, 0.25) is 0 Å².